The Morgan fingerprint density at radius 1 is 1.44 bits per heavy atom. The van der Waals surface area contributed by atoms with E-state index in [0.29, 0.717) is 5.02 Å². The van der Waals surface area contributed by atoms with Gasteiger partial charge in [-0.2, -0.15) is 0 Å². The molecule has 0 radical (unpaired) electrons. The summed E-state index contributed by atoms with van der Waals surface area (Å²) in [6.07, 6.45) is -0.0656. The van der Waals surface area contributed by atoms with Crippen LogP contribution >= 0.6 is 11.6 Å². The minimum atomic E-state index is -0.914. The average Bonchev–Trinajstić information content (AvgIpc) is 2.46. The Morgan fingerprint density at radius 3 is 2.72 bits per heavy atom. The van der Waals surface area contributed by atoms with Gasteiger partial charge in [-0.15, -0.1) is 0 Å². The molecule has 0 unspecified atom stereocenters. The van der Waals surface area contributed by atoms with E-state index in [1.165, 1.54) is 4.90 Å². The molecule has 5 heteroatoms. The van der Waals surface area contributed by atoms with Crippen LogP contribution in [0, 0.1) is 0 Å². The lowest BCUT2D eigenvalue weighted by molar-refractivity contribution is -0.136. The van der Waals surface area contributed by atoms with Crippen LogP contribution in [0.5, 0.6) is 0 Å². The number of carboxylic acids is 1. The maximum Gasteiger partial charge on any atom is 0.305 e. The molecule has 0 aromatic heterocycles. The van der Waals surface area contributed by atoms with Crippen LogP contribution in [0.15, 0.2) is 18.2 Å². The number of rotatable bonds is 3. The van der Waals surface area contributed by atoms with E-state index in [1.807, 2.05) is 13.8 Å². The van der Waals surface area contributed by atoms with E-state index in [1.54, 1.807) is 18.2 Å². The SMILES string of the molecule is CC1(C)C(=O)N(CCC(=O)O)c2ccc(Cl)cc21. The second kappa shape index (κ2) is 4.28. The van der Waals surface area contributed by atoms with Crippen LogP contribution in [0.4, 0.5) is 5.69 Å². The Morgan fingerprint density at radius 2 is 2.11 bits per heavy atom. The molecule has 0 saturated heterocycles. The maximum atomic E-state index is 12.3. The molecular formula is C13H14ClNO3. The Balaban J connectivity index is 2.41. The molecule has 96 valence electrons. The number of hydrogen-bond acceptors (Lipinski definition) is 2. The van der Waals surface area contributed by atoms with Crippen molar-refractivity contribution >= 4 is 29.2 Å². The van der Waals surface area contributed by atoms with Gasteiger partial charge in [0.05, 0.1) is 11.8 Å². The first kappa shape index (κ1) is 12.9. The molecule has 1 N–H and O–H groups in total. The van der Waals surface area contributed by atoms with Gasteiger partial charge in [-0.1, -0.05) is 11.6 Å². The fourth-order valence-corrected chi connectivity index (χ4v) is 2.41. The number of benzene rings is 1. The van der Waals surface area contributed by atoms with Crippen molar-refractivity contribution in [3.8, 4) is 0 Å². The number of fused-ring (bicyclic) bond motifs is 1. The lowest BCUT2D eigenvalue weighted by Crippen LogP contribution is -2.37. The van der Waals surface area contributed by atoms with Gasteiger partial charge in [0, 0.05) is 17.3 Å². The topological polar surface area (TPSA) is 57.6 Å². The molecule has 18 heavy (non-hydrogen) atoms. The fraction of sp³-hybridized carbons (Fsp3) is 0.385. The summed E-state index contributed by atoms with van der Waals surface area (Å²) >= 11 is 5.95. The number of carbonyl (C=O) groups is 2. The Kier molecular flexibility index (Phi) is 3.07. The third kappa shape index (κ3) is 1.97. The summed E-state index contributed by atoms with van der Waals surface area (Å²) in [5, 5.41) is 9.30. The Hall–Kier alpha value is -1.55. The van der Waals surface area contributed by atoms with Crippen LogP contribution in [0.3, 0.4) is 0 Å². The van der Waals surface area contributed by atoms with Crippen LogP contribution in [0.25, 0.3) is 0 Å². The normalized spacial score (nSPS) is 16.8. The fourth-order valence-electron chi connectivity index (χ4n) is 2.24. The molecule has 0 spiro atoms. The molecule has 0 atom stereocenters. The lowest BCUT2D eigenvalue weighted by Gasteiger charge is -2.19. The van der Waals surface area contributed by atoms with Crippen molar-refractivity contribution in [1.82, 2.24) is 0 Å². The van der Waals surface area contributed by atoms with Gasteiger partial charge in [0.1, 0.15) is 0 Å². The summed E-state index contributed by atoms with van der Waals surface area (Å²) < 4.78 is 0. The van der Waals surface area contributed by atoms with E-state index >= 15 is 0 Å². The maximum absolute atomic E-state index is 12.3. The van der Waals surface area contributed by atoms with Gasteiger partial charge in [0.25, 0.3) is 0 Å². The first-order valence-corrected chi connectivity index (χ1v) is 6.05. The minimum Gasteiger partial charge on any atom is -0.481 e. The molecule has 4 nitrogen and oxygen atoms in total. The highest BCUT2D eigenvalue weighted by atomic mass is 35.5. The van der Waals surface area contributed by atoms with Crippen molar-refractivity contribution in [3.63, 3.8) is 0 Å². The molecule has 1 aliphatic rings. The molecule has 1 amide bonds. The number of nitrogens with zero attached hydrogens (tertiary/aromatic N) is 1. The monoisotopic (exact) mass is 267 g/mol. The van der Waals surface area contributed by atoms with Crippen LogP contribution in [0.2, 0.25) is 5.02 Å². The first-order chi connectivity index (χ1) is 8.34. The number of amides is 1. The van der Waals surface area contributed by atoms with Gasteiger partial charge in [0.2, 0.25) is 5.91 Å². The van der Waals surface area contributed by atoms with E-state index in [-0.39, 0.29) is 18.9 Å². The van der Waals surface area contributed by atoms with Crippen molar-refractivity contribution < 1.29 is 14.7 Å². The third-order valence-corrected chi connectivity index (χ3v) is 3.49. The largest absolute Gasteiger partial charge is 0.481 e. The average molecular weight is 268 g/mol. The molecule has 0 fully saturated rings. The summed E-state index contributed by atoms with van der Waals surface area (Å²) in [4.78, 5) is 24.5. The molecule has 0 aliphatic carbocycles. The Labute approximate surface area is 110 Å². The van der Waals surface area contributed by atoms with Crippen molar-refractivity contribution in [1.29, 1.82) is 0 Å². The predicted octanol–water partition coefficient (Wildman–Crippen LogP) is 2.44. The lowest BCUT2D eigenvalue weighted by atomic mass is 9.86. The quantitative estimate of drug-likeness (QED) is 0.915. The highest BCUT2D eigenvalue weighted by molar-refractivity contribution is 6.31. The van der Waals surface area contributed by atoms with Crippen molar-refractivity contribution in [2.45, 2.75) is 25.7 Å². The zero-order valence-electron chi connectivity index (χ0n) is 10.2. The summed E-state index contributed by atoms with van der Waals surface area (Å²) in [5.41, 5.74) is 0.958. The smallest absolute Gasteiger partial charge is 0.305 e. The van der Waals surface area contributed by atoms with Gasteiger partial charge < -0.3 is 10.0 Å². The van der Waals surface area contributed by atoms with Gasteiger partial charge >= 0.3 is 5.97 Å². The van der Waals surface area contributed by atoms with E-state index in [0.717, 1.165) is 11.3 Å². The summed E-state index contributed by atoms with van der Waals surface area (Å²) in [6, 6.07) is 5.25. The third-order valence-electron chi connectivity index (χ3n) is 3.25. The molecule has 0 bridgehead atoms. The highest BCUT2D eigenvalue weighted by Gasteiger charge is 2.43. The molecule has 1 aliphatic heterocycles. The van der Waals surface area contributed by atoms with Crippen LogP contribution in [0.1, 0.15) is 25.8 Å². The molecular weight excluding hydrogens is 254 g/mol. The standard InChI is InChI=1S/C13H14ClNO3/c1-13(2)9-7-8(14)3-4-10(9)15(12(13)18)6-5-11(16)17/h3-4,7H,5-6H2,1-2H3,(H,16,17). The molecule has 1 aromatic rings. The number of carboxylic acid groups (broad SMARTS) is 1. The predicted molar refractivity (Wildman–Crippen MR) is 69.1 cm³/mol. The van der Waals surface area contributed by atoms with Crippen molar-refractivity contribution in [3.05, 3.63) is 28.8 Å². The molecule has 0 saturated carbocycles. The second-order valence-electron chi connectivity index (χ2n) is 4.89. The van der Waals surface area contributed by atoms with Gasteiger partial charge in [-0.05, 0) is 37.6 Å². The Bertz CT molecular complexity index is 525. The van der Waals surface area contributed by atoms with E-state index in [4.69, 9.17) is 16.7 Å². The van der Waals surface area contributed by atoms with Gasteiger partial charge in [-0.25, -0.2) is 0 Å². The van der Waals surface area contributed by atoms with Crippen LogP contribution < -0.4 is 4.90 Å². The summed E-state index contributed by atoms with van der Waals surface area (Å²) in [5.74, 6) is -0.996. The first-order valence-electron chi connectivity index (χ1n) is 5.68. The molecule has 1 aromatic carbocycles. The second-order valence-corrected chi connectivity index (χ2v) is 5.32. The number of halogens is 1. The van der Waals surface area contributed by atoms with Gasteiger partial charge in [0.15, 0.2) is 0 Å². The minimum absolute atomic E-state index is 0.0656. The van der Waals surface area contributed by atoms with Gasteiger partial charge in [-0.3, -0.25) is 9.59 Å². The van der Waals surface area contributed by atoms with E-state index < -0.39 is 11.4 Å². The molecule has 2 rings (SSSR count). The van der Waals surface area contributed by atoms with Crippen molar-refractivity contribution in [2.75, 3.05) is 11.4 Å². The number of hydrogen-bond donors (Lipinski definition) is 1. The van der Waals surface area contributed by atoms with E-state index in [2.05, 4.69) is 0 Å². The number of anilines is 1. The summed E-state index contributed by atoms with van der Waals surface area (Å²) in [7, 11) is 0. The molecule has 1 heterocycles. The number of carbonyl (C=O) groups excluding carboxylic acids is 1. The van der Waals surface area contributed by atoms with Crippen LogP contribution in [-0.2, 0) is 15.0 Å². The number of aliphatic carboxylic acids is 1. The zero-order chi connectivity index (χ0) is 13.5. The van der Waals surface area contributed by atoms with Crippen LogP contribution in [-0.4, -0.2) is 23.5 Å². The summed E-state index contributed by atoms with van der Waals surface area (Å²) in [6.45, 7) is 3.84. The zero-order valence-corrected chi connectivity index (χ0v) is 11.0. The highest BCUT2D eigenvalue weighted by Crippen LogP contribution is 2.42. The van der Waals surface area contributed by atoms with Crippen molar-refractivity contribution in [2.24, 2.45) is 0 Å². The van der Waals surface area contributed by atoms with E-state index in [9.17, 15) is 9.59 Å².